The molecule has 1 aromatic carbocycles. The Labute approximate surface area is 113 Å². The largest absolute Gasteiger partial charge is 0.322 e. The Balaban J connectivity index is 1.96. The highest BCUT2D eigenvalue weighted by Gasteiger charge is 2.06. The molecule has 2 heterocycles. The number of aryl methyl sites for hydroxylation is 1. The first-order chi connectivity index (χ1) is 9.63. The molecule has 3 aromatic rings. The number of hydrogen-bond acceptors (Lipinski definition) is 4. The van der Waals surface area contributed by atoms with Crippen LogP contribution in [-0.4, -0.2) is 25.5 Å². The molecule has 0 saturated heterocycles. The van der Waals surface area contributed by atoms with Gasteiger partial charge in [-0.05, 0) is 24.6 Å². The van der Waals surface area contributed by atoms with Gasteiger partial charge in [0.2, 0.25) is 5.78 Å². The van der Waals surface area contributed by atoms with Gasteiger partial charge in [-0.3, -0.25) is 14.6 Å². The van der Waals surface area contributed by atoms with Gasteiger partial charge in [-0.1, -0.05) is 12.1 Å². The molecular weight excluding hydrogens is 258 g/mol. The summed E-state index contributed by atoms with van der Waals surface area (Å²) in [7, 11) is 0. The number of imidazole rings is 1. The van der Waals surface area contributed by atoms with Crippen molar-refractivity contribution in [2.75, 3.05) is 5.32 Å². The molecule has 0 saturated carbocycles. The fourth-order valence-electron chi connectivity index (χ4n) is 1.92. The number of aromatic amines is 1. The van der Waals surface area contributed by atoms with E-state index in [0.29, 0.717) is 11.5 Å². The zero-order valence-corrected chi connectivity index (χ0v) is 10.6. The first-order valence-corrected chi connectivity index (χ1v) is 5.94. The topological polar surface area (TPSA) is 92.1 Å². The van der Waals surface area contributed by atoms with E-state index in [1.165, 1.54) is 16.9 Å². The van der Waals surface area contributed by atoms with Gasteiger partial charge in [-0.2, -0.15) is 14.6 Å². The van der Waals surface area contributed by atoms with E-state index >= 15 is 0 Å². The number of H-pyrrole nitrogens is 1. The molecule has 0 aliphatic carbocycles. The number of carbonyl (C=O) groups excluding carboxylic acids is 1. The number of fused-ring (bicyclic) bond motifs is 1. The third-order valence-electron chi connectivity index (χ3n) is 2.79. The van der Waals surface area contributed by atoms with Gasteiger partial charge in [0.25, 0.3) is 11.5 Å². The fraction of sp³-hybridized carbons (Fsp3) is 0.0769. The van der Waals surface area contributed by atoms with Gasteiger partial charge < -0.3 is 5.32 Å². The van der Waals surface area contributed by atoms with E-state index in [0.717, 1.165) is 5.56 Å². The first kappa shape index (κ1) is 12.1. The number of carbonyl (C=O) groups is 1. The number of anilines is 1. The number of aromatic nitrogens is 4. The maximum atomic E-state index is 11.9. The van der Waals surface area contributed by atoms with Gasteiger partial charge in [0.15, 0.2) is 0 Å². The van der Waals surface area contributed by atoms with Crippen LogP contribution in [0, 0.1) is 6.92 Å². The maximum absolute atomic E-state index is 11.9. The Bertz CT molecular complexity index is 893. The standard InChI is InChI=1S/C13H11N5O2/c1-8-3-2-4-9(5-8)16-11(19)6-10-12(20)17-13-14-7-15-18(10)13/h2-7H,1H3,(H,16,19)(H,14,15,17,20)/b10-6+. The highest BCUT2D eigenvalue weighted by Crippen LogP contribution is 2.09. The maximum Gasteiger partial charge on any atom is 0.277 e. The molecule has 7 nitrogen and oxygen atoms in total. The molecule has 1 amide bonds. The minimum atomic E-state index is -0.403. The fourth-order valence-corrected chi connectivity index (χ4v) is 1.92. The van der Waals surface area contributed by atoms with Gasteiger partial charge in [0.05, 0.1) is 0 Å². The lowest BCUT2D eigenvalue weighted by Gasteiger charge is -2.02. The van der Waals surface area contributed by atoms with Crippen molar-refractivity contribution < 1.29 is 4.79 Å². The Morgan fingerprint density at radius 3 is 3.10 bits per heavy atom. The molecule has 0 fully saturated rings. The molecule has 20 heavy (non-hydrogen) atoms. The summed E-state index contributed by atoms with van der Waals surface area (Å²) in [5.74, 6) is -0.0892. The Morgan fingerprint density at radius 2 is 2.30 bits per heavy atom. The molecule has 0 bridgehead atoms. The summed E-state index contributed by atoms with van der Waals surface area (Å²) < 4.78 is 1.29. The van der Waals surface area contributed by atoms with Crippen molar-refractivity contribution in [1.29, 1.82) is 0 Å². The van der Waals surface area contributed by atoms with E-state index in [-0.39, 0.29) is 5.35 Å². The molecule has 2 N–H and O–H groups in total. The summed E-state index contributed by atoms with van der Waals surface area (Å²) >= 11 is 0. The lowest BCUT2D eigenvalue weighted by atomic mass is 10.2. The van der Waals surface area contributed by atoms with Crippen molar-refractivity contribution in [2.45, 2.75) is 6.92 Å². The number of benzene rings is 1. The molecule has 3 rings (SSSR count). The zero-order chi connectivity index (χ0) is 14.1. The highest BCUT2D eigenvalue weighted by atomic mass is 16.1. The molecule has 0 atom stereocenters. The molecule has 0 unspecified atom stereocenters. The molecular formula is C13H11N5O2. The highest BCUT2D eigenvalue weighted by molar-refractivity contribution is 6.12. The average Bonchev–Trinajstić information content (AvgIpc) is 2.93. The quantitative estimate of drug-likeness (QED) is 0.677. The van der Waals surface area contributed by atoms with Crippen LogP contribution in [0.1, 0.15) is 5.56 Å². The second-order valence-corrected chi connectivity index (χ2v) is 4.34. The van der Waals surface area contributed by atoms with Crippen molar-refractivity contribution in [2.24, 2.45) is 0 Å². The van der Waals surface area contributed by atoms with Crippen molar-refractivity contribution >= 4 is 23.4 Å². The van der Waals surface area contributed by atoms with E-state index in [1.807, 2.05) is 25.1 Å². The van der Waals surface area contributed by atoms with E-state index in [4.69, 9.17) is 0 Å². The van der Waals surface area contributed by atoms with Crippen LogP contribution in [0.15, 0.2) is 35.4 Å². The van der Waals surface area contributed by atoms with Crippen LogP contribution in [0.5, 0.6) is 0 Å². The minimum Gasteiger partial charge on any atom is -0.322 e. The Hall–Kier alpha value is -2.96. The van der Waals surface area contributed by atoms with Gasteiger partial charge in [0, 0.05) is 11.8 Å². The van der Waals surface area contributed by atoms with Crippen LogP contribution in [0.2, 0.25) is 0 Å². The lowest BCUT2D eigenvalue weighted by Crippen LogP contribution is -2.29. The second kappa shape index (κ2) is 4.61. The van der Waals surface area contributed by atoms with Crippen LogP contribution in [0.4, 0.5) is 5.69 Å². The van der Waals surface area contributed by atoms with Crippen molar-refractivity contribution in [1.82, 2.24) is 19.6 Å². The van der Waals surface area contributed by atoms with Gasteiger partial charge in [-0.15, -0.1) is 0 Å². The van der Waals surface area contributed by atoms with Crippen molar-refractivity contribution in [3.63, 3.8) is 0 Å². The van der Waals surface area contributed by atoms with E-state index in [2.05, 4.69) is 20.4 Å². The van der Waals surface area contributed by atoms with E-state index < -0.39 is 11.5 Å². The molecule has 100 valence electrons. The number of hydrogen-bond donors (Lipinski definition) is 2. The van der Waals surface area contributed by atoms with Crippen molar-refractivity contribution in [3.8, 4) is 0 Å². The first-order valence-electron chi connectivity index (χ1n) is 5.94. The molecule has 0 aliphatic rings. The summed E-state index contributed by atoms with van der Waals surface area (Å²) in [4.78, 5) is 30.0. The third-order valence-corrected chi connectivity index (χ3v) is 2.79. The summed E-state index contributed by atoms with van der Waals surface area (Å²) in [6, 6.07) is 7.39. The smallest absolute Gasteiger partial charge is 0.277 e. The van der Waals surface area contributed by atoms with Crippen LogP contribution >= 0.6 is 0 Å². The summed E-state index contributed by atoms with van der Waals surface area (Å²) in [5, 5.41) is 6.71. The molecule has 7 heteroatoms. The van der Waals surface area contributed by atoms with Crippen molar-refractivity contribution in [3.05, 3.63) is 51.9 Å². The van der Waals surface area contributed by atoms with Gasteiger partial charge >= 0.3 is 0 Å². The van der Waals surface area contributed by atoms with Crippen LogP contribution in [0.25, 0.3) is 11.9 Å². The predicted molar refractivity (Wildman–Crippen MR) is 73.1 cm³/mol. The van der Waals surface area contributed by atoms with Gasteiger partial charge in [0.1, 0.15) is 11.7 Å². The van der Waals surface area contributed by atoms with Gasteiger partial charge in [-0.25, -0.2) is 0 Å². The second-order valence-electron chi connectivity index (χ2n) is 4.34. The average molecular weight is 269 g/mol. The predicted octanol–water partition coefficient (Wildman–Crippen LogP) is -0.136. The van der Waals surface area contributed by atoms with E-state index in [9.17, 15) is 9.59 Å². The monoisotopic (exact) mass is 269 g/mol. The summed E-state index contributed by atoms with van der Waals surface area (Å²) in [5.41, 5.74) is 1.30. The van der Waals surface area contributed by atoms with Crippen LogP contribution < -0.4 is 16.2 Å². The number of nitrogens with zero attached hydrogens (tertiary/aromatic N) is 3. The summed E-state index contributed by atoms with van der Waals surface area (Å²) in [6.07, 6.45) is 2.50. The summed E-state index contributed by atoms with van der Waals surface area (Å²) in [6.45, 7) is 1.93. The van der Waals surface area contributed by atoms with E-state index in [1.54, 1.807) is 6.07 Å². The normalized spacial score (nSPS) is 11.9. The minimum absolute atomic E-state index is 0.141. The third kappa shape index (κ3) is 2.16. The number of rotatable bonds is 2. The molecule has 0 spiro atoms. The number of amides is 1. The Morgan fingerprint density at radius 1 is 1.45 bits per heavy atom. The Kier molecular flexibility index (Phi) is 2.79. The lowest BCUT2D eigenvalue weighted by molar-refractivity contribution is -0.110. The molecule has 2 aromatic heterocycles. The molecule has 0 radical (unpaired) electrons. The molecule has 0 aliphatic heterocycles. The SMILES string of the molecule is Cc1cccc(NC(=O)/C=c2\c(=O)[nH]c3ncnn23)c1. The van der Waals surface area contributed by atoms with Crippen LogP contribution in [0.3, 0.4) is 0 Å². The van der Waals surface area contributed by atoms with Crippen LogP contribution in [-0.2, 0) is 4.79 Å². The zero-order valence-electron chi connectivity index (χ0n) is 10.6. The number of nitrogens with one attached hydrogen (secondary N) is 2.